The number of thiazole rings is 1. The van der Waals surface area contributed by atoms with Crippen LogP contribution in [0.15, 0.2) is 16.2 Å². The van der Waals surface area contributed by atoms with E-state index in [1.54, 1.807) is 18.3 Å². The molecule has 0 spiro atoms. The van der Waals surface area contributed by atoms with Crippen LogP contribution in [0.25, 0.3) is 0 Å². The van der Waals surface area contributed by atoms with Crippen LogP contribution >= 0.6 is 11.3 Å². The fourth-order valence-corrected chi connectivity index (χ4v) is 2.45. The third-order valence-corrected chi connectivity index (χ3v) is 3.94. The first-order valence-corrected chi connectivity index (χ1v) is 7.89. The summed E-state index contributed by atoms with van der Waals surface area (Å²) in [6.45, 7) is 4.37. The van der Waals surface area contributed by atoms with E-state index in [4.69, 9.17) is 14.4 Å². The summed E-state index contributed by atoms with van der Waals surface area (Å²) >= 11 is 1.66. The molecule has 25 heavy (non-hydrogen) atoms. The summed E-state index contributed by atoms with van der Waals surface area (Å²) in [5.41, 5.74) is 3.44. The quantitative estimate of drug-likeness (QED) is 0.774. The Morgan fingerprint density at radius 3 is 2.44 bits per heavy atom. The van der Waals surface area contributed by atoms with Gasteiger partial charge in [-0.05, 0) is 26.7 Å². The van der Waals surface area contributed by atoms with Gasteiger partial charge in [-0.3, -0.25) is 4.79 Å². The molecule has 0 radical (unpaired) electrons. The van der Waals surface area contributed by atoms with Crippen LogP contribution in [0.2, 0.25) is 0 Å². The zero-order valence-electron chi connectivity index (χ0n) is 13.4. The molecule has 0 saturated heterocycles. The number of aromatic nitrogens is 2. The summed E-state index contributed by atoms with van der Waals surface area (Å²) in [7, 11) is 0. The Morgan fingerprint density at radius 2 is 2.00 bits per heavy atom. The van der Waals surface area contributed by atoms with E-state index in [1.165, 1.54) is 11.1 Å². The van der Waals surface area contributed by atoms with Gasteiger partial charge in [-0.25, -0.2) is 9.78 Å². The largest absolute Gasteiger partial charge is 0.490 e. The number of aliphatic carboxylic acids is 1. The van der Waals surface area contributed by atoms with Crippen LogP contribution in [-0.4, -0.2) is 39.8 Å². The van der Waals surface area contributed by atoms with Gasteiger partial charge in [0.1, 0.15) is 11.3 Å². The van der Waals surface area contributed by atoms with Crippen LogP contribution in [0.5, 0.6) is 0 Å². The number of hydrogen-bond acceptors (Lipinski definition) is 6. The van der Waals surface area contributed by atoms with Gasteiger partial charge in [0.05, 0.1) is 17.4 Å². The number of rotatable bonds is 5. The number of carboxylic acids is 1. The summed E-state index contributed by atoms with van der Waals surface area (Å²) in [4.78, 5) is 26.1. The maximum atomic E-state index is 11.7. The average Bonchev–Trinajstić information content (AvgIpc) is 3.12. The zero-order chi connectivity index (χ0) is 19.0. The predicted molar refractivity (Wildman–Crippen MR) is 82.4 cm³/mol. The molecule has 0 saturated carbocycles. The molecule has 0 aliphatic heterocycles. The first-order chi connectivity index (χ1) is 11.6. The number of nitrogens with one attached hydrogen (secondary N) is 1. The Labute approximate surface area is 144 Å². The Kier molecular flexibility index (Phi) is 7.55. The van der Waals surface area contributed by atoms with Crippen LogP contribution < -0.4 is 5.32 Å². The molecule has 0 aromatic carbocycles. The second kappa shape index (κ2) is 9.16. The molecule has 1 amide bonds. The molecule has 2 N–H and O–H groups in total. The number of alkyl halides is 3. The smallest absolute Gasteiger partial charge is 0.475 e. The van der Waals surface area contributed by atoms with Gasteiger partial charge in [0, 0.05) is 11.4 Å². The van der Waals surface area contributed by atoms with Crippen molar-refractivity contribution < 1.29 is 32.4 Å². The third-order valence-electron chi connectivity index (χ3n) is 2.95. The van der Waals surface area contributed by atoms with Crippen LogP contribution in [-0.2, 0) is 11.2 Å². The third kappa shape index (κ3) is 6.91. The van der Waals surface area contributed by atoms with Crippen molar-refractivity contribution in [2.45, 2.75) is 32.9 Å². The van der Waals surface area contributed by atoms with Crippen molar-refractivity contribution in [2.75, 3.05) is 6.54 Å². The van der Waals surface area contributed by atoms with E-state index in [0.717, 1.165) is 18.5 Å². The minimum absolute atomic E-state index is 0.130. The molecule has 0 unspecified atom stereocenters. The molecular formula is C14H16F3N3O4S. The Hall–Kier alpha value is -2.43. The van der Waals surface area contributed by atoms with E-state index < -0.39 is 12.1 Å². The van der Waals surface area contributed by atoms with Gasteiger partial charge in [0.2, 0.25) is 0 Å². The minimum Gasteiger partial charge on any atom is -0.475 e. The Bertz CT molecular complexity index is 712. The van der Waals surface area contributed by atoms with E-state index in [2.05, 4.69) is 15.5 Å². The second-order valence-corrected chi connectivity index (χ2v) is 5.76. The molecule has 0 atom stereocenters. The molecule has 0 bridgehead atoms. The SMILES string of the molecule is Cc1ncsc1CCCNC(=O)c1cnoc1C.O=C(O)C(F)(F)F. The summed E-state index contributed by atoms with van der Waals surface area (Å²) < 4.78 is 36.6. The number of carbonyl (C=O) groups excluding carboxylic acids is 1. The lowest BCUT2D eigenvalue weighted by Gasteiger charge is -2.03. The van der Waals surface area contributed by atoms with E-state index in [9.17, 15) is 18.0 Å². The number of halogens is 3. The molecule has 2 aromatic heterocycles. The summed E-state index contributed by atoms with van der Waals surface area (Å²) in [5.74, 6) is -2.34. The molecule has 0 aliphatic carbocycles. The maximum Gasteiger partial charge on any atom is 0.490 e. The van der Waals surface area contributed by atoms with Crippen molar-refractivity contribution in [3.05, 3.63) is 33.6 Å². The lowest BCUT2D eigenvalue weighted by molar-refractivity contribution is -0.192. The highest BCUT2D eigenvalue weighted by atomic mass is 32.1. The summed E-state index contributed by atoms with van der Waals surface area (Å²) in [6.07, 6.45) is -1.80. The van der Waals surface area contributed by atoms with Gasteiger partial charge < -0.3 is 14.9 Å². The van der Waals surface area contributed by atoms with Gasteiger partial charge in [0.25, 0.3) is 5.91 Å². The van der Waals surface area contributed by atoms with E-state index in [1.807, 2.05) is 12.4 Å². The van der Waals surface area contributed by atoms with Crippen molar-refractivity contribution in [1.29, 1.82) is 0 Å². The highest BCUT2D eigenvalue weighted by Gasteiger charge is 2.38. The number of aryl methyl sites for hydroxylation is 3. The van der Waals surface area contributed by atoms with Crippen LogP contribution in [0.1, 0.15) is 33.1 Å². The Morgan fingerprint density at radius 1 is 1.36 bits per heavy atom. The van der Waals surface area contributed by atoms with Gasteiger partial charge in [-0.15, -0.1) is 11.3 Å². The predicted octanol–water partition coefficient (Wildman–Crippen LogP) is 2.74. The molecule has 7 nitrogen and oxygen atoms in total. The minimum atomic E-state index is -5.08. The van der Waals surface area contributed by atoms with Crippen LogP contribution in [0.4, 0.5) is 13.2 Å². The second-order valence-electron chi connectivity index (χ2n) is 4.82. The molecule has 0 fully saturated rings. The van der Waals surface area contributed by atoms with Crippen molar-refractivity contribution >= 4 is 23.2 Å². The highest BCUT2D eigenvalue weighted by molar-refractivity contribution is 7.09. The normalized spacial score (nSPS) is 10.8. The Balaban J connectivity index is 0.000000381. The number of nitrogens with zero attached hydrogens (tertiary/aromatic N) is 2. The maximum absolute atomic E-state index is 11.7. The number of amides is 1. The van der Waals surface area contributed by atoms with Crippen molar-refractivity contribution in [3.8, 4) is 0 Å². The summed E-state index contributed by atoms with van der Waals surface area (Å²) in [6, 6.07) is 0. The first kappa shape index (κ1) is 20.6. The first-order valence-electron chi connectivity index (χ1n) is 7.01. The lowest BCUT2D eigenvalue weighted by Crippen LogP contribution is -2.24. The molecule has 2 aromatic rings. The van der Waals surface area contributed by atoms with Crippen LogP contribution in [0.3, 0.4) is 0 Å². The standard InChI is InChI=1S/C12H15N3O2S.C2HF3O2/c1-8-11(18-7-14-8)4-3-5-13-12(16)10-6-15-17-9(10)2;3-2(4,5)1(6)7/h6-7H,3-5H2,1-2H3,(H,13,16);(H,6,7). The number of carbonyl (C=O) groups is 2. The molecule has 2 rings (SSSR count). The zero-order valence-corrected chi connectivity index (χ0v) is 14.2. The number of hydrogen-bond donors (Lipinski definition) is 2. The fourth-order valence-electron chi connectivity index (χ4n) is 1.63. The van der Waals surface area contributed by atoms with E-state index in [-0.39, 0.29) is 5.91 Å². The lowest BCUT2D eigenvalue weighted by atomic mass is 10.2. The van der Waals surface area contributed by atoms with Crippen molar-refractivity contribution in [1.82, 2.24) is 15.5 Å². The van der Waals surface area contributed by atoms with Gasteiger partial charge >= 0.3 is 12.1 Å². The molecule has 11 heteroatoms. The summed E-state index contributed by atoms with van der Waals surface area (Å²) in [5, 5.41) is 13.6. The van der Waals surface area contributed by atoms with Gasteiger partial charge in [-0.2, -0.15) is 13.2 Å². The molecular weight excluding hydrogens is 363 g/mol. The van der Waals surface area contributed by atoms with E-state index >= 15 is 0 Å². The average molecular weight is 379 g/mol. The highest BCUT2D eigenvalue weighted by Crippen LogP contribution is 2.14. The van der Waals surface area contributed by atoms with Gasteiger partial charge in [0.15, 0.2) is 0 Å². The van der Waals surface area contributed by atoms with Crippen LogP contribution in [0, 0.1) is 13.8 Å². The molecule has 0 aliphatic rings. The van der Waals surface area contributed by atoms with E-state index in [0.29, 0.717) is 17.9 Å². The number of carboxylic acid groups (broad SMARTS) is 1. The molecule has 2 heterocycles. The molecule has 138 valence electrons. The monoisotopic (exact) mass is 379 g/mol. The van der Waals surface area contributed by atoms with Gasteiger partial charge in [-0.1, -0.05) is 5.16 Å². The van der Waals surface area contributed by atoms with Crippen molar-refractivity contribution in [3.63, 3.8) is 0 Å². The van der Waals surface area contributed by atoms with Crippen molar-refractivity contribution in [2.24, 2.45) is 0 Å². The fraction of sp³-hybridized carbons (Fsp3) is 0.429. The topological polar surface area (TPSA) is 105 Å².